The minimum atomic E-state index is -0.836. The molecule has 4 heteroatoms. The second kappa shape index (κ2) is 7.94. The third-order valence-electron chi connectivity index (χ3n) is 1.14. The molecule has 4 nitrogen and oxygen atoms in total. The van der Waals surface area contributed by atoms with Crippen molar-refractivity contribution in [3.63, 3.8) is 0 Å². The quantitative estimate of drug-likeness (QED) is 0.318. The monoisotopic (exact) mass is 164 g/mol. The van der Waals surface area contributed by atoms with Gasteiger partial charge in [0.15, 0.2) is 0 Å². The highest BCUT2D eigenvalue weighted by Crippen LogP contribution is 1.90. The van der Waals surface area contributed by atoms with Gasteiger partial charge in [0.1, 0.15) is 12.7 Å². The third-order valence-corrected chi connectivity index (χ3v) is 1.14. The van der Waals surface area contributed by atoms with Crippen LogP contribution in [0.1, 0.15) is 19.8 Å². The molecular formula is C7H16O4. The highest BCUT2D eigenvalue weighted by Gasteiger charge is 2.00. The van der Waals surface area contributed by atoms with E-state index in [4.69, 9.17) is 10.2 Å². The fraction of sp³-hybridized carbons (Fsp3) is 1.00. The normalized spacial score (nSPS) is 13.4. The molecule has 1 unspecified atom stereocenters. The second-order valence-electron chi connectivity index (χ2n) is 2.30. The van der Waals surface area contributed by atoms with E-state index in [9.17, 15) is 0 Å². The Hall–Kier alpha value is -0.160. The van der Waals surface area contributed by atoms with Gasteiger partial charge >= 0.3 is 0 Å². The molecule has 0 aromatic heterocycles. The number of hydrogen-bond donors (Lipinski definition) is 2. The van der Waals surface area contributed by atoms with Gasteiger partial charge in [-0.15, -0.1) is 0 Å². The molecule has 0 rings (SSSR count). The average Bonchev–Trinajstić information content (AvgIpc) is 2.04. The molecule has 2 N–H and O–H groups in total. The van der Waals surface area contributed by atoms with Crippen molar-refractivity contribution < 1.29 is 20.0 Å². The highest BCUT2D eigenvalue weighted by atomic mass is 17.2. The molecule has 0 saturated heterocycles. The lowest BCUT2D eigenvalue weighted by atomic mass is 10.4. The van der Waals surface area contributed by atoms with Crippen molar-refractivity contribution in [1.82, 2.24) is 0 Å². The lowest BCUT2D eigenvalue weighted by molar-refractivity contribution is -0.306. The maximum atomic E-state index is 8.76. The maximum absolute atomic E-state index is 8.76. The molecule has 0 aromatic rings. The molecule has 0 amide bonds. The fourth-order valence-electron chi connectivity index (χ4n) is 0.442. The SMILES string of the molecule is CCCCOOCC(O)CO. The largest absolute Gasteiger partial charge is 0.394 e. The molecule has 0 aliphatic heterocycles. The van der Waals surface area contributed by atoms with Gasteiger partial charge in [-0.2, -0.15) is 0 Å². The van der Waals surface area contributed by atoms with Crippen LogP contribution in [-0.4, -0.2) is 36.1 Å². The van der Waals surface area contributed by atoms with Crippen molar-refractivity contribution in [2.24, 2.45) is 0 Å². The summed E-state index contributed by atoms with van der Waals surface area (Å²) in [7, 11) is 0. The Kier molecular flexibility index (Phi) is 7.83. The lowest BCUT2D eigenvalue weighted by Gasteiger charge is -2.06. The van der Waals surface area contributed by atoms with Crippen LogP contribution in [0.2, 0.25) is 0 Å². The molecule has 0 saturated carbocycles. The molecule has 68 valence electrons. The molecule has 0 fully saturated rings. The summed E-state index contributed by atoms with van der Waals surface area (Å²) in [6.45, 7) is 2.32. The van der Waals surface area contributed by atoms with Gasteiger partial charge < -0.3 is 10.2 Å². The summed E-state index contributed by atoms with van der Waals surface area (Å²) < 4.78 is 0. The van der Waals surface area contributed by atoms with E-state index in [0.717, 1.165) is 12.8 Å². The van der Waals surface area contributed by atoms with Crippen LogP contribution in [0, 0.1) is 0 Å². The zero-order valence-corrected chi connectivity index (χ0v) is 6.82. The summed E-state index contributed by atoms with van der Waals surface area (Å²) in [5, 5.41) is 17.1. The fourth-order valence-corrected chi connectivity index (χ4v) is 0.442. The van der Waals surface area contributed by atoms with Crippen molar-refractivity contribution >= 4 is 0 Å². The zero-order chi connectivity index (χ0) is 8.53. The Labute approximate surface area is 66.7 Å². The molecule has 0 aliphatic rings. The van der Waals surface area contributed by atoms with Crippen molar-refractivity contribution in [2.75, 3.05) is 19.8 Å². The average molecular weight is 164 g/mol. The summed E-state index contributed by atoms with van der Waals surface area (Å²) in [6, 6.07) is 0. The first-order valence-electron chi connectivity index (χ1n) is 3.84. The molecule has 0 aromatic carbocycles. The second-order valence-corrected chi connectivity index (χ2v) is 2.30. The first-order valence-corrected chi connectivity index (χ1v) is 3.84. The van der Waals surface area contributed by atoms with Crippen molar-refractivity contribution in [3.05, 3.63) is 0 Å². The summed E-state index contributed by atoms with van der Waals surface area (Å²) in [6.07, 6.45) is 1.15. The van der Waals surface area contributed by atoms with Crippen molar-refractivity contribution in [3.8, 4) is 0 Å². The van der Waals surface area contributed by atoms with Crippen molar-refractivity contribution in [1.29, 1.82) is 0 Å². The first kappa shape index (κ1) is 10.8. The first-order chi connectivity index (χ1) is 5.31. The minimum absolute atomic E-state index is 0.0280. The number of rotatable bonds is 7. The molecule has 0 radical (unpaired) electrons. The van der Waals surface area contributed by atoms with Gasteiger partial charge in [0.2, 0.25) is 0 Å². The van der Waals surface area contributed by atoms with E-state index in [1.807, 2.05) is 6.92 Å². The van der Waals surface area contributed by atoms with Crippen LogP contribution in [0.15, 0.2) is 0 Å². The summed E-state index contributed by atoms with van der Waals surface area (Å²) >= 11 is 0. The Morgan fingerprint density at radius 3 is 2.64 bits per heavy atom. The topological polar surface area (TPSA) is 58.9 Å². The molecule has 11 heavy (non-hydrogen) atoms. The zero-order valence-electron chi connectivity index (χ0n) is 6.82. The molecule has 0 heterocycles. The third kappa shape index (κ3) is 7.74. The standard InChI is InChI=1S/C7H16O4/c1-2-3-4-10-11-6-7(9)5-8/h7-9H,2-6H2,1H3. The number of unbranched alkanes of at least 4 members (excludes halogenated alkanes) is 1. The highest BCUT2D eigenvalue weighted by molar-refractivity contribution is 4.45. The minimum Gasteiger partial charge on any atom is -0.394 e. The van der Waals surface area contributed by atoms with Crippen LogP contribution < -0.4 is 0 Å². The van der Waals surface area contributed by atoms with E-state index >= 15 is 0 Å². The lowest BCUT2D eigenvalue weighted by Crippen LogP contribution is -2.19. The molecular weight excluding hydrogens is 148 g/mol. The van der Waals surface area contributed by atoms with E-state index in [0.29, 0.717) is 6.61 Å². The van der Waals surface area contributed by atoms with Gasteiger partial charge in [-0.25, -0.2) is 9.78 Å². The Bertz CT molecular complexity index is 76.8. The van der Waals surface area contributed by atoms with Crippen LogP contribution in [0.5, 0.6) is 0 Å². The molecule has 0 aliphatic carbocycles. The summed E-state index contributed by atoms with van der Waals surface area (Å²) in [4.78, 5) is 9.25. The van der Waals surface area contributed by atoms with Crippen molar-refractivity contribution in [2.45, 2.75) is 25.9 Å². The van der Waals surface area contributed by atoms with E-state index < -0.39 is 6.10 Å². The summed E-state index contributed by atoms with van der Waals surface area (Å²) in [5.74, 6) is 0. The smallest absolute Gasteiger partial charge is 0.110 e. The molecule has 0 bridgehead atoms. The Balaban J connectivity index is 2.89. The van der Waals surface area contributed by atoms with Gasteiger partial charge in [0.25, 0.3) is 0 Å². The van der Waals surface area contributed by atoms with E-state index in [-0.39, 0.29) is 13.2 Å². The number of aliphatic hydroxyl groups is 2. The van der Waals surface area contributed by atoms with Gasteiger partial charge in [-0.1, -0.05) is 13.3 Å². The van der Waals surface area contributed by atoms with Gasteiger partial charge in [-0.05, 0) is 6.42 Å². The Morgan fingerprint density at radius 2 is 2.09 bits per heavy atom. The van der Waals surface area contributed by atoms with Gasteiger partial charge in [-0.3, -0.25) is 0 Å². The number of aliphatic hydroxyl groups excluding tert-OH is 2. The predicted octanol–water partition coefficient (Wildman–Crippen LogP) is 0.0879. The van der Waals surface area contributed by atoms with Crippen LogP contribution in [0.4, 0.5) is 0 Å². The number of hydrogen-bond acceptors (Lipinski definition) is 4. The van der Waals surface area contributed by atoms with Crippen LogP contribution >= 0.6 is 0 Å². The van der Waals surface area contributed by atoms with E-state index in [1.165, 1.54) is 0 Å². The predicted molar refractivity (Wildman–Crippen MR) is 39.9 cm³/mol. The van der Waals surface area contributed by atoms with Crippen LogP contribution in [0.25, 0.3) is 0 Å². The van der Waals surface area contributed by atoms with Crippen LogP contribution in [-0.2, 0) is 9.78 Å². The maximum Gasteiger partial charge on any atom is 0.110 e. The Morgan fingerprint density at radius 1 is 1.36 bits per heavy atom. The molecule has 1 atom stereocenters. The van der Waals surface area contributed by atoms with Gasteiger partial charge in [0, 0.05) is 0 Å². The van der Waals surface area contributed by atoms with E-state index in [2.05, 4.69) is 9.78 Å². The van der Waals surface area contributed by atoms with Crippen LogP contribution in [0.3, 0.4) is 0 Å². The van der Waals surface area contributed by atoms with E-state index in [1.54, 1.807) is 0 Å². The molecule has 0 spiro atoms. The summed E-state index contributed by atoms with van der Waals surface area (Å²) in [5.41, 5.74) is 0. The van der Waals surface area contributed by atoms with Gasteiger partial charge in [0.05, 0.1) is 13.2 Å².